The number of methoxy groups -OCH3 is 1. The Morgan fingerprint density at radius 1 is 1.12 bits per heavy atom. The zero-order valence-corrected chi connectivity index (χ0v) is 20.6. The Balaban J connectivity index is 1.33. The second kappa shape index (κ2) is 7.99. The molecule has 11 atom stereocenters. The predicted octanol–water partition coefficient (Wildman–Crippen LogP) is 5.15. The van der Waals surface area contributed by atoms with Gasteiger partial charge in [0.15, 0.2) is 0 Å². The summed E-state index contributed by atoms with van der Waals surface area (Å²) in [6, 6.07) is 0. The fraction of sp³-hybridized carbons (Fsp3) is 0.926. The van der Waals surface area contributed by atoms with Crippen LogP contribution < -0.4 is 0 Å². The van der Waals surface area contributed by atoms with Crippen molar-refractivity contribution in [3.05, 3.63) is 0 Å². The SMILES string of the molecule is COC(=O)CC[C@H](C)[C@@H]1CC[C@@H]2[C@H]3CC[C@H]4C[C@@H](OC(C)=O)CC[C@]4(C)[C@@H]3[C@H]3O[C@H]3[C@@]21C. The second-order valence-corrected chi connectivity index (χ2v) is 12.2. The molecule has 0 unspecified atom stereocenters. The van der Waals surface area contributed by atoms with Crippen LogP contribution in [0, 0.1) is 46.3 Å². The molecule has 5 rings (SSSR count). The van der Waals surface area contributed by atoms with Crippen LogP contribution in [-0.2, 0) is 23.8 Å². The first-order chi connectivity index (χ1) is 15.2. The molecule has 5 nitrogen and oxygen atoms in total. The predicted molar refractivity (Wildman–Crippen MR) is 121 cm³/mol. The largest absolute Gasteiger partial charge is 0.469 e. The lowest BCUT2D eigenvalue weighted by Crippen LogP contribution is -2.57. The first-order valence-corrected chi connectivity index (χ1v) is 13.1. The molecular formula is C27H42O5. The summed E-state index contributed by atoms with van der Waals surface area (Å²) >= 11 is 0. The van der Waals surface area contributed by atoms with E-state index in [1.54, 1.807) is 0 Å². The van der Waals surface area contributed by atoms with Crippen LogP contribution in [0.15, 0.2) is 0 Å². The van der Waals surface area contributed by atoms with Gasteiger partial charge in [0.05, 0.1) is 19.3 Å². The zero-order valence-electron chi connectivity index (χ0n) is 20.6. The van der Waals surface area contributed by atoms with E-state index in [2.05, 4.69) is 20.8 Å². The van der Waals surface area contributed by atoms with Crippen molar-refractivity contribution in [2.45, 2.75) is 104 Å². The summed E-state index contributed by atoms with van der Waals surface area (Å²) in [6.07, 6.45) is 10.7. The molecular weight excluding hydrogens is 404 g/mol. The second-order valence-electron chi connectivity index (χ2n) is 12.2. The van der Waals surface area contributed by atoms with Crippen LogP contribution in [0.4, 0.5) is 0 Å². The highest BCUT2D eigenvalue weighted by atomic mass is 16.6. The summed E-state index contributed by atoms with van der Waals surface area (Å²) in [5.74, 6) is 3.74. The fourth-order valence-electron chi connectivity index (χ4n) is 9.54. The van der Waals surface area contributed by atoms with Gasteiger partial charge in [0.1, 0.15) is 6.10 Å². The average Bonchev–Trinajstić information content (AvgIpc) is 3.47. The standard InChI is InChI=1S/C27H42O5/c1-15(6-11-22(29)30-5)20-9-10-21-19-8-7-17-14-18(31-16(2)28)12-13-26(17,3)23(19)24-25(32-24)27(20,21)4/h15,17-21,23-25H,6-14H2,1-5H3/t15-,17-,18-,19+,20-,21+,23-,24+,25+,26-,27+/m0/s1. The summed E-state index contributed by atoms with van der Waals surface area (Å²) in [5, 5.41) is 0. The number of carbonyl (C=O) groups is 2. The maximum Gasteiger partial charge on any atom is 0.305 e. The number of rotatable bonds is 5. The van der Waals surface area contributed by atoms with Crippen LogP contribution in [-0.4, -0.2) is 37.4 Å². The van der Waals surface area contributed by atoms with Crippen LogP contribution in [0.25, 0.3) is 0 Å². The van der Waals surface area contributed by atoms with Crippen molar-refractivity contribution in [1.29, 1.82) is 0 Å². The molecule has 0 aromatic carbocycles. The molecule has 1 heterocycles. The topological polar surface area (TPSA) is 65.1 Å². The zero-order chi connectivity index (χ0) is 22.8. The molecule has 4 aliphatic carbocycles. The number of esters is 2. The molecule has 1 saturated heterocycles. The van der Waals surface area contributed by atoms with Gasteiger partial charge in [-0.05, 0) is 92.3 Å². The van der Waals surface area contributed by atoms with E-state index in [0.29, 0.717) is 47.7 Å². The Bertz CT molecular complexity index is 765. The van der Waals surface area contributed by atoms with Crippen molar-refractivity contribution in [3.8, 4) is 0 Å². The third-order valence-electron chi connectivity index (χ3n) is 11.0. The molecule has 4 saturated carbocycles. The molecule has 5 fully saturated rings. The summed E-state index contributed by atoms with van der Waals surface area (Å²) < 4.78 is 17.1. The van der Waals surface area contributed by atoms with Gasteiger partial charge in [-0.25, -0.2) is 0 Å². The van der Waals surface area contributed by atoms with Gasteiger partial charge < -0.3 is 14.2 Å². The number of hydrogen-bond donors (Lipinski definition) is 0. The van der Waals surface area contributed by atoms with Gasteiger partial charge in [-0.3, -0.25) is 9.59 Å². The molecule has 0 amide bonds. The fourth-order valence-corrected chi connectivity index (χ4v) is 9.54. The van der Waals surface area contributed by atoms with E-state index in [1.165, 1.54) is 39.7 Å². The molecule has 5 aliphatic rings. The van der Waals surface area contributed by atoms with E-state index < -0.39 is 0 Å². The molecule has 32 heavy (non-hydrogen) atoms. The summed E-state index contributed by atoms with van der Waals surface area (Å²) in [6.45, 7) is 8.94. The Morgan fingerprint density at radius 2 is 1.91 bits per heavy atom. The van der Waals surface area contributed by atoms with Crippen LogP contribution in [0.5, 0.6) is 0 Å². The maximum atomic E-state index is 11.7. The van der Waals surface area contributed by atoms with Gasteiger partial charge in [0, 0.05) is 18.8 Å². The Morgan fingerprint density at radius 3 is 2.62 bits per heavy atom. The summed E-state index contributed by atoms with van der Waals surface area (Å²) in [5.41, 5.74) is 0.564. The molecule has 1 aliphatic heterocycles. The van der Waals surface area contributed by atoms with Gasteiger partial charge >= 0.3 is 11.9 Å². The first kappa shape index (κ1) is 22.7. The Labute approximate surface area is 193 Å². The van der Waals surface area contributed by atoms with Crippen molar-refractivity contribution in [2.75, 3.05) is 7.11 Å². The number of carbonyl (C=O) groups excluding carboxylic acids is 2. The Hall–Kier alpha value is -1.10. The van der Waals surface area contributed by atoms with E-state index >= 15 is 0 Å². The van der Waals surface area contributed by atoms with E-state index in [-0.39, 0.29) is 23.5 Å². The first-order valence-electron chi connectivity index (χ1n) is 13.1. The van der Waals surface area contributed by atoms with Crippen molar-refractivity contribution in [2.24, 2.45) is 46.3 Å². The average molecular weight is 447 g/mol. The van der Waals surface area contributed by atoms with Crippen molar-refractivity contribution in [1.82, 2.24) is 0 Å². The number of fused-ring (bicyclic) bond motifs is 8. The van der Waals surface area contributed by atoms with E-state index in [0.717, 1.165) is 37.5 Å². The third-order valence-corrected chi connectivity index (χ3v) is 11.0. The maximum absolute atomic E-state index is 11.7. The molecule has 0 aromatic rings. The highest BCUT2D eigenvalue weighted by Gasteiger charge is 2.73. The highest BCUT2D eigenvalue weighted by molar-refractivity contribution is 5.69. The van der Waals surface area contributed by atoms with Crippen LogP contribution in [0.1, 0.15) is 85.5 Å². The quantitative estimate of drug-likeness (QED) is 0.431. The lowest BCUT2D eigenvalue weighted by molar-refractivity contribution is -0.158. The lowest BCUT2D eigenvalue weighted by Gasteiger charge is -2.59. The number of hydrogen-bond acceptors (Lipinski definition) is 5. The number of ether oxygens (including phenoxy) is 3. The minimum Gasteiger partial charge on any atom is -0.469 e. The van der Waals surface area contributed by atoms with Crippen LogP contribution in [0.2, 0.25) is 0 Å². The molecule has 5 heteroatoms. The Kier molecular flexibility index (Phi) is 5.66. The van der Waals surface area contributed by atoms with Crippen LogP contribution >= 0.6 is 0 Å². The highest BCUT2D eigenvalue weighted by Crippen LogP contribution is 2.73. The smallest absolute Gasteiger partial charge is 0.305 e. The van der Waals surface area contributed by atoms with Crippen molar-refractivity contribution in [3.63, 3.8) is 0 Å². The minimum atomic E-state index is -0.135. The molecule has 0 spiro atoms. The van der Waals surface area contributed by atoms with Crippen molar-refractivity contribution >= 4 is 11.9 Å². The minimum absolute atomic E-state index is 0.0867. The van der Waals surface area contributed by atoms with Gasteiger partial charge in [-0.2, -0.15) is 0 Å². The molecule has 0 N–H and O–H groups in total. The van der Waals surface area contributed by atoms with Crippen LogP contribution in [0.3, 0.4) is 0 Å². The molecule has 0 aromatic heterocycles. The van der Waals surface area contributed by atoms with E-state index in [1.807, 2.05) is 0 Å². The van der Waals surface area contributed by atoms with Gasteiger partial charge in [0.2, 0.25) is 0 Å². The summed E-state index contributed by atoms with van der Waals surface area (Å²) in [7, 11) is 1.49. The van der Waals surface area contributed by atoms with Gasteiger partial charge in [0.25, 0.3) is 0 Å². The van der Waals surface area contributed by atoms with Gasteiger partial charge in [-0.1, -0.05) is 20.8 Å². The number of epoxide rings is 1. The third kappa shape index (κ3) is 3.35. The molecule has 180 valence electrons. The normalized spacial score (nSPS) is 49.7. The molecule has 0 radical (unpaired) electrons. The van der Waals surface area contributed by atoms with E-state index in [4.69, 9.17) is 14.2 Å². The summed E-state index contributed by atoms with van der Waals surface area (Å²) in [4.78, 5) is 23.2. The van der Waals surface area contributed by atoms with Gasteiger partial charge in [-0.15, -0.1) is 0 Å². The lowest BCUT2D eigenvalue weighted by atomic mass is 9.44. The molecule has 0 bridgehead atoms. The van der Waals surface area contributed by atoms with E-state index in [9.17, 15) is 9.59 Å². The monoisotopic (exact) mass is 446 g/mol. The van der Waals surface area contributed by atoms with Crippen molar-refractivity contribution < 1.29 is 23.8 Å².